The molecule has 0 aliphatic heterocycles. The summed E-state index contributed by atoms with van der Waals surface area (Å²) in [4.78, 5) is 10.9. The Morgan fingerprint density at radius 3 is 2.62 bits per heavy atom. The fourth-order valence-corrected chi connectivity index (χ4v) is 1.63. The second-order valence-corrected chi connectivity index (χ2v) is 4.84. The topological polar surface area (TPSA) is 49.3 Å². The molecule has 2 aliphatic rings. The number of hydrogen-bond acceptors (Lipinski definition) is 2. The van der Waals surface area contributed by atoms with Crippen molar-refractivity contribution in [3.05, 3.63) is 0 Å². The van der Waals surface area contributed by atoms with E-state index in [1.54, 1.807) is 0 Å². The maximum Gasteiger partial charge on any atom is 0.320 e. The van der Waals surface area contributed by atoms with E-state index in [1.807, 2.05) is 0 Å². The first-order valence-electron chi connectivity index (χ1n) is 5.07. The van der Waals surface area contributed by atoms with Crippen LogP contribution in [0.25, 0.3) is 0 Å². The summed E-state index contributed by atoms with van der Waals surface area (Å²) >= 11 is 0. The zero-order chi connectivity index (χ0) is 9.47. The lowest BCUT2D eigenvalue weighted by molar-refractivity contribution is -0.140. The SMILES string of the molecule is CC1(CNC(C(=O)O)C2CC2)CC1. The van der Waals surface area contributed by atoms with E-state index in [-0.39, 0.29) is 6.04 Å². The molecule has 74 valence electrons. The molecule has 1 unspecified atom stereocenters. The highest BCUT2D eigenvalue weighted by molar-refractivity contribution is 5.74. The van der Waals surface area contributed by atoms with Crippen LogP contribution in [0.1, 0.15) is 32.6 Å². The van der Waals surface area contributed by atoms with Gasteiger partial charge in [-0.25, -0.2) is 0 Å². The summed E-state index contributed by atoms with van der Waals surface area (Å²) in [6, 6.07) is -0.280. The van der Waals surface area contributed by atoms with Gasteiger partial charge in [0.15, 0.2) is 0 Å². The van der Waals surface area contributed by atoms with Crippen LogP contribution in [0.15, 0.2) is 0 Å². The Morgan fingerprint density at radius 2 is 2.23 bits per heavy atom. The number of hydrogen-bond donors (Lipinski definition) is 2. The molecule has 0 aromatic carbocycles. The molecule has 3 heteroatoms. The average Bonchev–Trinajstić information content (AvgIpc) is 2.88. The Kier molecular flexibility index (Phi) is 2.06. The van der Waals surface area contributed by atoms with E-state index in [0.717, 1.165) is 19.4 Å². The van der Waals surface area contributed by atoms with Crippen molar-refractivity contribution >= 4 is 5.97 Å². The summed E-state index contributed by atoms with van der Waals surface area (Å²) in [5.41, 5.74) is 0.405. The van der Waals surface area contributed by atoms with E-state index in [0.29, 0.717) is 11.3 Å². The molecule has 0 heterocycles. The molecule has 0 aromatic heterocycles. The van der Waals surface area contributed by atoms with Crippen LogP contribution in [0, 0.1) is 11.3 Å². The highest BCUT2D eigenvalue weighted by Crippen LogP contribution is 2.44. The zero-order valence-electron chi connectivity index (χ0n) is 8.05. The molecule has 0 aromatic rings. The molecule has 3 nitrogen and oxygen atoms in total. The van der Waals surface area contributed by atoms with Gasteiger partial charge in [0.2, 0.25) is 0 Å². The van der Waals surface area contributed by atoms with Crippen LogP contribution in [0.4, 0.5) is 0 Å². The van der Waals surface area contributed by atoms with Crippen LogP contribution in [0.3, 0.4) is 0 Å². The Bertz CT molecular complexity index is 219. The molecular weight excluding hydrogens is 166 g/mol. The molecule has 0 spiro atoms. The molecule has 0 saturated heterocycles. The number of aliphatic carboxylic acids is 1. The minimum atomic E-state index is -0.674. The predicted octanol–water partition coefficient (Wildman–Crippen LogP) is 1.24. The van der Waals surface area contributed by atoms with Gasteiger partial charge < -0.3 is 10.4 Å². The Morgan fingerprint density at radius 1 is 1.62 bits per heavy atom. The van der Waals surface area contributed by atoms with Gasteiger partial charge in [-0.15, -0.1) is 0 Å². The molecule has 0 bridgehead atoms. The summed E-state index contributed by atoms with van der Waals surface area (Å²) in [5.74, 6) is -0.272. The van der Waals surface area contributed by atoms with E-state index >= 15 is 0 Å². The third-order valence-corrected chi connectivity index (χ3v) is 3.21. The van der Waals surface area contributed by atoms with E-state index in [1.165, 1.54) is 12.8 Å². The normalized spacial score (nSPS) is 26.8. The van der Waals surface area contributed by atoms with Gasteiger partial charge in [-0.2, -0.15) is 0 Å². The van der Waals surface area contributed by atoms with E-state index < -0.39 is 5.97 Å². The lowest BCUT2D eigenvalue weighted by Crippen LogP contribution is -2.41. The van der Waals surface area contributed by atoms with Crippen LogP contribution in [-0.4, -0.2) is 23.7 Å². The average molecular weight is 183 g/mol. The largest absolute Gasteiger partial charge is 0.480 e. The summed E-state index contributed by atoms with van der Waals surface area (Å²) in [6.07, 6.45) is 4.66. The maximum atomic E-state index is 10.9. The molecule has 2 saturated carbocycles. The fraction of sp³-hybridized carbons (Fsp3) is 0.900. The van der Waals surface area contributed by atoms with Crippen molar-refractivity contribution in [3.8, 4) is 0 Å². The first-order chi connectivity index (χ1) is 6.11. The smallest absolute Gasteiger partial charge is 0.320 e. The molecule has 0 amide bonds. The lowest BCUT2D eigenvalue weighted by atomic mass is 10.1. The van der Waals surface area contributed by atoms with Crippen molar-refractivity contribution in [1.29, 1.82) is 0 Å². The highest BCUT2D eigenvalue weighted by atomic mass is 16.4. The van der Waals surface area contributed by atoms with Crippen LogP contribution in [0.5, 0.6) is 0 Å². The molecule has 2 rings (SSSR count). The van der Waals surface area contributed by atoms with E-state index in [4.69, 9.17) is 5.11 Å². The monoisotopic (exact) mass is 183 g/mol. The number of carboxylic acid groups (broad SMARTS) is 1. The van der Waals surface area contributed by atoms with Crippen molar-refractivity contribution < 1.29 is 9.90 Å². The molecule has 2 aliphatic carbocycles. The van der Waals surface area contributed by atoms with Crippen molar-refractivity contribution in [1.82, 2.24) is 5.32 Å². The lowest BCUT2D eigenvalue weighted by Gasteiger charge is -2.16. The second-order valence-electron chi connectivity index (χ2n) is 4.84. The minimum absolute atomic E-state index is 0.280. The van der Waals surface area contributed by atoms with Crippen molar-refractivity contribution in [2.45, 2.75) is 38.6 Å². The summed E-state index contributed by atoms with van der Waals surface area (Å²) in [6.45, 7) is 3.09. The first-order valence-corrected chi connectivity index (χ1v) is 5.07. The molecular formula is C10H17NO2. The third kappa shape index (κ3) is 2.21. The quantitative estimate of drug-likeness (QED) is 0.674. The molecule has 0 radical (unpaired) electrons. The zero-order valence-corrected chi connectivity index (χ0v) is 8.05. The van der Waals surface area contributed by atoms with Crippen molar-refractivity contribution in [2.75, 3.05) is 6.54 Å². The van der Waals surface area contributed by atoms with Gasteiger partial charge in [-0.1, -0.05) is 6.92 Å². The van der Waals surface area contributed by atoms with Gasteiger partial charge in [0, 0.05) is 6.54 Å². The Hall–Kier alpha value is -0.570. The van der Waals surface area contributed by atoms with Crippen molar-refractivity contribution in [2.24, 2.45) is 11.3 Å². The Balaban J connectivity index is 1.79. The molecule has 2 fully saturated rings. The molecule has 13 heavy (non-hydrogen) atoms. The number of nitrogens with one attached hydrogen (secondary N) is 1. The van der Waals surface area contributed by atoms with Gasteiger partial charge in [0.1, 0.15) is 6.04 Å². The van der Waals surface area contributed by atoms with Crippen LogP contribution >= 0.6 is 0 Å². The third-order valence-electron chi connectivity index (χ3n) is 3.21. The van der Waals surface area contributed by atoms with E-state index in [2.05, 4.69) is 12.2 Å². The number of rotatable bonds is 5. The summed E-state index contributed by atoms with van der Waals surface area (Å²) in [7, 11) is 0. The second kappa shape index (κ2) is 2.98. The van der Waals surface area contributed by atoms with Crippen LogP contribution in [0.2, 0.25) is 0 Å². The summed E-state index contributed by atoms with van der Waals surface area (Å²) in [5, 5.41) is 12.1. The highest BCUT2D eigenvalue weighted by Gasteiger charge is 2.41. The predicted molar refractivity (Wildman–Crippen MR) is 49.5 cm³/mol. The molecule has 1 atom stereocenters. The van der Waals surface area contributed by atoms with Gasteiger partial charge in [-0.3, -0.25) is 4.79 Å². The standard InChI is InChI=1S/C10H17NO2/c1-10(4-5-10)6-11-8(9(12)13)7-2-3-7/h7-8,11H,2-6H2,1H3,(H,12,13). The van der Waals surface area contributed by atoms with Gasteiger partial charge in [0.25, 0.3) is 0 Å². The number of carbonyl (C=O) groups is 1. The summed E-state index contributed by atoms with van der Waals surface area (Å²) < 4.78 is 0. The van der Waals surface area contributed by atoms with Crippen LogP contribution < -0.4 is 5.32 Å². The minimum Gasteiger partial charge on any atom is -0.480 e. The Labute approximate surface area is 78.5 Å². The van der Waals surface area contributed by atoms with Gasteiger partial charge in [-0.05, 0) is 37.0 Å². The fourth-order valence-electron chi connectivity index (χ4n) is 1.63. The van der Waals surface area contributed by atoms with Gasteiger partial charge >= 0.3 is 5.97 Å². The van der Waals surface area contributed by atoms with Gasteiger partial charge in [0.05, 0.1) is 0 Å². The maximum absolute atomic E-state index is 10.9. The van der Waals surface area contributed by atoms with Crippen molar-refractivity contribution in [3.63, 3.8) is 0 Å². The van der Waals surface area contributed by atoms with E-state index in [9.17, 15) is 4.79 Å². The first kappa shape index (κ1) is 9.00. The van der Waals surface area contributed by atoms with Crippen LogP contribution in [-0.2, 0) is 4.79 Å². The number of carboxylic acids is 1. The molecule has 2 N–H and O–H groups in total.